The molecule has 3 aromatic rings. The number of rotatable bonds is 1. The van der Waals surface area contributed by atoms with Gasteiger partial charge < -0.3 is 9.14 Å². The Balaban J connectivity index is 1.80. The summed E-state index contributed by atoms with van der Waals surface area (Å²) >= 11 is 0. The Hall–Kier alpha value is -2.66. The van der Waals surface area contributed by atoms with Crippen molar-refractivity contribution in [1.29, 1.82) is 0 Å². The number of carbonyl (C=O) groups is 1. The van der Waals surface area contributed by atoms with Crippen molar-refractivity contribution < 1.29 is 9.53 Å². The van der Waals surface area contributed by atoms with E-state index in [1.807, 2.05) is 43.1 Å². The molecule has 0 N–H and O–H groups in total. The van der Waals surface area contributed by atoms with E-state index in [1.165, 1.54) is 0 Å². The van der Waals surface area contributed by atoms with Crippen molar-refractivity contribution >= 4 is 17.2 Å². The molecule has 0 radical (unpaired) electrons. The normalized spacial score (nSPS) is 24.1. The number of anilines is 1. The van der Waals surface area contributed by atoms with E-state index >= 15 is 0 Å². The Labute approximate surface area is 145 Å². The molecule has 3 unspecified atom stereocenters. The maximum absolute atomic E-state index is 12.7. The van der Waals surface area contributed by atoms with E-state index in [1.54, 1.807) is 6.92 Å². The lowest BCUT2D eigenvalue weighted by Gasteiger charge is -2.34. The second-order valence-corrected chi connectivity index (χ2v) is 6.86. The number of aromatic nitrogens is 2. The lowest BCUT2D eigenvalue weighted by molar-refractivity contribution is -0.117. The summed E-state index contributed by atoms with van der Waals surface area (Å²) in [5.41, 5.74) is 5.95. The van der Waals surface area contributed by atoms with Crippen molar-refractivity contribution in [3.8, 4) is 0 Å². The first kappa shape index (κ1) is 14.7. The first-order chi connectivity index (χ1) is 12.1. The molecule has 126 valence electrons. The topological polar surface area (TPSA) is 50.1 Å². The third-order valence-corrected chi connectivity index (χ3v) is 5.42. The van der Waals surface area contributed by atoms with E-state index in [2.05, 4.69) is 22.6 Å². The Morgan fingerprint density at radius 2 is 1.92 bits per heavy atom. The number of fused-ring (bicyclic) bond motifs is 5. The van der Waals surface area contributed by atoms with Crippen molar-refractivity contribution in [3.63, 3.8) is 0 Å². The number of hydrogen-bond donors (Lipinski definition) is 0. The molecule has 0 aliphatic carbocycles. The van der Waals surface area contributed by atoms with Crippen LogP contribution >= 0.6 is 0 Å². The van der Waals surface area contributed by atoms with Crippen LogP contribution in [0.2, 0.25) is 0 Å². The molecule has 2 aliphatic rings. The maximum atomic E-state index is 12.7. The molecule has 25 heavy (non-hydrogen) atoms. The van der Waals surface area contributed by atoms with Gasteiger partial charge in [0.15, 0.2) is 5.65 Å². The lowest BCUT2D eigenvalue weighted by atomic mass is 9.91. The predicted octanol–water partition coefficient (Wildman–Crippen LogP) is 3.50. The molecule has 5 heteroatoms. The van der Waals surface area contributed by atoms with Gasteiger partial charge in [-0.3, -0.25) is 9.69 Å². The molecule has 1 fully saturated rings. The van der Waals surface area contributed by atoms with Gasteiger partial charge >= 0.3 is 0 Å². The fourth-order valence-electron chi connectivity index (χ4n) is 4.06. The van der Waals surface area contributed by atoms with Crippen molar-refractivity contribution in [2.24, 2.45) is 0 Å². The molecule has 0 spiro atoms. The molecule has 0 saturated carbocycles. The van der Waals surface area contributed by atoms with E-state index < -0.39 is 0 Å². The Kier molecular flexibility index (Phi) is 2.89. The number of amides is 1. The van der Waals surface area contributed by atoms with Gasteiger partial charge in [0.25, 0.3) is 0 Å². The van der Waals surface area contributed by atoms with Crippen LogP contribution in [0.3, 0.4) is 0 Å². The highest BCUT2D eigenvalue weighted by molar-refractivity contribution is 5.98. The average Bonchev–Trinajstić information content (AvgIpc) is 3.35. The molecule has 5 rings (SSSR count). The molecule has 2 aliphatic heterocycles. The van der Waals surface area contributed by atoms with Gasteiger partial charge in [0.2, 0.25) is 5.91 Å². The van der Waals surface area contributed by atoms with Gasteiger partial charge in [-0.05, 0) is 25.5 Å². The monoisotopic (exact) mass is 333 g/mol. The zero-order valence-corrected chi connectivity index (χ0v) is 14.4. The zero-order valence-electron chi connectivity index (χ0n) is 14.4. The lowest BCUT2D eigenvalue weighted by Crippen LogP contribution is -2.39. The predicted molar refractivity (Wildman–Crippen MR) is 94.6 cm³/mol. The van der Waals surface area contributed by atoms with Crippen LogP contribution in [0.15, 0.2) is 42.6 Å². The van der Waals surface area contributed by atoms with E-state index in [4.69, 9.17) is 9.72 Å². The van der Waals surface area contributed by atoms with Crippen molar-refractivity contribution in [2.75, 3.05) is 4.90 Å². The highest BCUT2D eigenvalue weighted by atomic mass is 16.6. The number of epoxide rings is 1. The minimum Gasteiger partial charge on any atom is -0.362 e. The highest BCUT2D eigenvalue weighted by Crippen LogP contribution is 2.57. The second-order valence-electron chi connectivity index (χ2n) is 6.86. The van der Waals surface area contributed by atoms with Crippen LogP contribution in [0.25, 0.3) is 5.65 Å². The molecule has 0 bridgehead atoms. The SMILES string of the molecule is CC(=O)N1c2c(ccn3c(C)c(C)nc23)C2OC2C1c1ccccc1. The Morgan fingerprint density at radius 1 is 1.16 bits per heavy atom. The Bertz CT molecular complexity index is 1010. The molecular formula is C20H19N3O2. The molecule has 1 aromatic carbocycles. The van der Waals surface area contributed by atoms with Crippen LogP contribution in [0.5, 0.6) is 0 Å². The smallest absolute Gasteiger partial charge is 0.224 e. The van der Waals surface area contributed by atoms with Crippen LogP contribution < -0.4 is 4.90 Å². The number of imidazole rings is 1. The van der Waals surface area contributed by atoms with Crippen LogP contribution in [-0.2, 0) is 9.53 Å². The summed E-state index contributed by atoms with van der Waals surface area (Å²) < 4.78 is 8.07. The summed E-state index contributed by atoms with van der Waals surface area (Å²) in [4.78, 5) is 19.3. The van der Waals surface area contributed by atoms with Gasteiger partial charge in [-0.2, -0.15) is 0 Å². The van der Waals surface area contributed by atoms with Gasteiger partial charge in [-0.25, -0.2) is 4.98 Å². The molecule has 2 aromatic heterocycles. The van der Waals surface area contributed by atoms with Gasteiger partial charge in [0.05, 0.1) is 17.4 Å². The van der Waals surface area contributed by atoms with Crippen molar-refractivity contribution in [2.45, 2.75) is 39.0 Å². The second kappa shape index (κ2) is 4.92. The standard InChI is InChI=1S/C20H19N3O2/c1-11-12(2)22-10-9-15-17(20(22)21-11)23(13(3)24)16(19-18(15)25-19)14-7-5-4-6-8-14/h4-10,16,18-19H,1-3H3. The first-order valence-corrected chi connectivity index (χ1v) is 8.56. The van der Waals surface area contributed by atoms with E-state index in [-0.39, 0.29) is 24.2 Å². The summed E-state index contributed by atoms with van der Waals surface area (Å²) in [5.74, 6) is 0.00968. The molecule has 4 heterocycles. The van der Waals surface area contributed by atoms with Crippen molar-refractivity contribution in [3.05, 3.63) is 65.1 Å². The third kappa shape index (κ3) is 1.93. The van der Waals surface area contributed by atoms with Gasteiger partial charge in [-0.1, -0.05) is 30.3 Å². The van der Waals surface area contributed by atoms with Crippen LogP contribution in [0.1, 0.15) is 41.6 Å². The van der Waals surface area contributed by atoms with E-state index in [0.717, 1.165) is 33.8 Å². The highest BCUT2D eigenvalue weighted by Gasteiger charge is 2.55. The summed E-state index contributed by atoms with van der Waals surface area (Å²) in [6, 6.07) is 12.1. The van der Waals surface area contributed by atoms with E-state index in [0.29, 0.717) is 0 Å². The summed E-state index contributed by atoms with van der Waals surface area (Å²) in [5, 5.41) is 0. The van der Waals surface area contributed by atoms with E-state index in [9.17, 15) is 4.79 Å². The van der Waals surface area contributed by atoms with Gasteiger partial charge in [-0.15, -0.1) is 0 Å². The maximum Gasteiger partial charge on any atom is 0.224 e. The average molecular weight is 333 g/mol. The number of nitrogens with zero attached hydrogens (tertiary/aromatic N) is 3. The number of ether oxygens (including phenoxy) is 1. The number of hydrogen-bond acceptors (Lipinski definition) is 3. The zero-order chi connectivity index (χ0) is 17.3. The minimum atomic E-state index is -0.111. The van der Waals surface area contributed by atoms with Crippen molar-refractivity contribution in [1.82, 2.24) is 9.38 Å². The number of aryl methyl sites for hydroxylation is 2. The number of benzene rings is 1. The quantitative estimate of drug-likeness (QED) is 0.641. The number of pyridine rings is 1. The molecule has 1 saturated heterocycles. The number of carbonyl (C=O) groups excluding carboxylic acids is 1. The summed E-state index contributed by atoms with van der Waals surface area (Å²) in [6.07, 6.45) is 2.08. The largest absolute Gasteiger partial charge is 0.362 e. The molecule has 3 atom stereocenters. The third-order valence-electron chi connectivity index (χ3n) is 5.42. The fraction of sp³-hybridized carbons (Fsp3) is 0.300. The van der Waals surface area contributed by atoms with Crippen LogP contribution in [-0.4, -0.2) is 21.4 Å². The first-order valence-electron chi connectivity index (χ1n) is 8.56. The molecule has 5 nitrogen and oxygen atoms in total. The molecular weight excluding hydrogens is 314 g/mol. The van der Waals surface area contributed by atoms with Gasteiger partial charge in [0, 0.05) is 24.4 Å². The van der Waals surface area contributed by atoms with Gasteiger partial charge in [0.1, 0.15) is 12.2 Å². The molecule has 1 amide bonds. The fourth-order valence-corrected chi connectivity index (χ4v) is 4.06. The summed E-state index contributed by atoms with van der Waals surface area (Å²) in [7, 11) is 0. The summed E-state index contributed by atoms with van der Waals surface area (Å²) in [6.45, 7) is 5.67. The van der Waals surface area contributed by atoms with Crippen LogP contribution in [0.4, 0.5) is 5.69 Å². The minimum absolute atomic E-state index is 0.00968. The Morgan fingerprint density at radius 3 is 2.64 bits per heavy atom. The van der Waals surface area contributed by atoms with Crippen LogP contribution in [0, 0.1) is 13.8 Å².